The van der Waals surface area contributed by atoms with E-state index in [1.165, 1.54) is 25.0 Å². The van der Waals surface area contributed by atoms with E-state index in [0.717, 1.165) is 18.9 Å². The standard InChI is InChI=1S/C15H20FNO2/c1-11-9-13(5-6-14(11)16)15(18)17-7-2-8-19-10-12-3-4-12/h5-6,9,12H,2-4,7-8,10H2,1H3,(H,17,18). The zero-order valence-electron chi connectivity index (χ0n) is 11.2. The van der Waals surface area contributed by atoms with Crippen LogP contribution >= 0.6 is 0 Å². The lowest BCUT2D eigenvalue weighted by molar-refractivity contribution is 0.0937. The van der Waals surface area contributed by atoms with Crippen LogP contribution < -0.4 is 5.32 Å². The van der Waals surface area contributed by atoms with E-state index in [2.05, 4.69) is 5.32 Å². The maximum atomic E-state index is 13.1. The van der Waals surface area contributed by atoms with Crippen LogP contribution in [0.2, 0.25) is 0 Å². The zero-order chi connectivity index (χ0) is 13.7. The van der Waals surface area contributed by atoms with E-state index in [4.69, 9.17) is 4.74 Å². The molecule has 0 spiro atoms. The van der Waals surface area contributed by atoms with Gasteiger partial charge in [0.05, 0.1) is 0 Å². The normalized spacial score (nSPS) is 14.4. The predicted octanol–water partition coefficient (Wildman–Crippen LogP) is 2.68. The van der Waals surface area contributed by atoms with Crippen molar-refractivity contribution in [3.63, 3.8) is 0 Å². The van der Waals surface area contributed by atoms with Gasteiger partial charge in [-0.25, -0.2) is 4.39 Å². The highest BCUT2D eigenvalue weighted by Crippen LogP contribution is 2.28. The summed E-state index contributed by atoms with van der Waals surface area (Å²) in [6.07, 6.45) is 3.39. The van der Waals surface area contributed by atoms with Gasteiger partial charge in [0.15, 0.2) is 0 Å². The largest absolute Gasteiger partial charge is 0.381 e. The molecule has 1 aromatic carbocycles. The number of aryl methyl sites for hydroxylation is 1. The minimum atomic E-state index is -0.287. The molecule has 0 bridgehead atoms. The van der Waals surface area contributed by atoms with Crippen LogP contribution in [0.15, 0.2) is 18.2 Å². The van der Waals surface area contributed by atoms with Crippen LogP contribution in [0.4, 0.5) is 4.39 Å². The zero-order valence-corrected chi connectivity index (χ0v) is 11.2. The van der Waals surface area contributed by atoms with Crippen molar-refractivity contribution >= 4 is 5.91 Å². The molecule has 0 saturated heterocycles. The van der Waals surface area contributed by atoms with Gasteiger partial charge in [-0.05, 0) is 55.9 Å². The lowest BCUT2D eigenvalue weighted by atomic mass is 10.1. The van der Waals surface area contributed by atoms with Crippen molar-refractivity contribution in [2.45, 2.75) is 26.2 Å². The Morgan fingerprint density at radius 1 is 1.47 bits per heavy atom. The SMILES string of the molecule is Cc1cc(C(=O)NCCCOCC2CC2)ccc1F. The van der Waals surface area contributed by atoms with Crippen LogP contribution in [-0.2, 0) is 4.74 Å². The molecule has 1 aliphatic carbocycles. The summed E-state index contributed by atoms with van der Waals surface area (Å²) in [5.41, 5.74) is 0.984. The van der Waals surface area contributed by atoms with Crippen molar-refractivity contribution in [3.05, 3.63) is 35.1 Å². The molecule has 1 aliphatic rings. The van der Waals surface area contributed by atoms with Crippen LogP contribution in [0.1, 0.15) is 35.2 Å². The van der Waals surface area contributed by atoms with Crippen LogP contribution in [0.25, 0.3) is 0 Å². The third kappa shape index (κ3) is 4.63. The molecular formula is C15H20FNO2. The minimum absolute atomic E-state index is 0.162. The molecule has 0 aromatic heterocycles. The Morgan fingerprint density at radius 3 is 2.95 bits per heavy atom. The van der Waals surface area contributed by atoms with Crippen LogP contribution in [-0.4, -0.2) is 25.7 Å². The highest BCUT2D eigenvalue weighted by atomic mass is 19.1. The van der Waals surface area contributed by atoms with Crippen molar-refractivity contribution < 1.29 is 13.9 Å². The maximum Gasteiger partial charge on any atom is 0.251 e. The first-order valence-corrected chi connectivity index (χ1v) is 6.79. The maximum absolute atomic E-state index is 13.1. The number of rotatable bonds is 7. The number of carbonyl (C=O) groups is 1. The summed E-state index contributed by atoms with van der Waals surface area (Å²) in [6, 6.07) is 4.39. The van der Waals surface area contributed by atoms with Gasteiger partial charge in [0.1, 0.15) is 5.82 Å². The Labute approximate surface area is 113 Å². The van der Waals surface area contributed by atoms with Crippen molar-refractivity contribution in [1.29, 1.82) is 0 Å². The van der Waals surface area contributed by atoms with Crippen LogP contribution in [0.3, 0.4) is 0 Å². The number of benzene rings is 1. The van der Waals surface area contributed by atoms with E-state index in [1.54, 1.807) is 13.0 Å². The second-order valence-electron chi connectivity index (χ2n) is 5.09. The van der Waals surface area contributed by atoms with Crippen molar-refractivity contribution in [2.75, 3.05) is 19.8 Å². The van der Waals surface area contributed by atoms with Gasteiger partial charge in [0, 0.05) is 25.3 Å². The Balaban J connectivity index is 1.63. The second-order valence-corrected chi connectivity index (χ2v) is 5.09. The first-order valence-electron chi connectivity index (χ1n) is 6.79. The minimum Gasteiger partial charge on any atom is -0.381 e. The number of hydrogen-bond donors (Lipinski definition) is 1. The monoisotopic (exact) mass is 265 g/mol. The predicted molar refractivity (Wildman–Crippen MR) is 71.6 cm³/mol. The van der Waals surface area contributed by atoms with E-state index < -0.39 is 0 Å². The van der Waals surface area contributed by atoms with Crippen molar-refractivity contribution in [3.8, 4) is 0 Å². The van der Waals surface area contributed by atoms with Crippen molar-refractivity contribution in [1.82, 2.24) is 5.32 Å². The van der Waals surface area contributed by atoms with Crippen LogP contribution in [0, 0.1) is 18.7 Å². The molecule has 0 radical (unpaired) electrons. The molecule has 1 saturated carbocycles. The summed E-state index contributed by atoms with van der Waals surface area (Å²) in [7, 11) is 0. The molecule has 0 unspecified atom stereocenters. The third-order valence-electron chi connectivity index (χ3n) is 3.22. The summed E-state index contributed by atoms with van der Waals surface area (Å²) >= 11 is 0. The summed E-state index contributed by atoms with van der Waals surface area (Å²) in [4.78, 5) is 11.8. The van der Waals surface area contributed by atoms with Gasteiger partial charge in [0.25, 0.3) is 5.91 Å². The molecule has 1 fully saturated rings. The molecule has 4 heteroatoms. The number of hydrogen-bond acceptors (Lipinski definition) is 2. The van der Waals surface area contributed by atoms with Gasteiger partial charge < -0.3 is 10.1 Å². The van der Waals surface area contributed by atoms with Gasteiger partial charge >= 0.3 is 0 Å². The summed E-state index contributed by atoms with van der Waals surface area (Å²) in [5.74, 6) is 0.326. The van der Waals surface area contributed by atoms with E-state index in [0.29, 0.717) is 24.3 Å². The van der Waals surface area contributed by atoms with E-state index in [9.17, 15) is 9.18 Å². The Kier molecular flexibility index (Phi) is 4.91. The highest BCUT2D eigenvalue weighted by Gasteiger charge is 2.20. The molecule has 0 atom stereocenters. The fourth-order valence-corrected chi connectivity index (χ4v) is 1.80. The first-order chi connectivity index (χ1) is 9.16. The summed E-state index contributed by atoms with van der Waals surface area (Å²) in [6.45, 7) is 3.77. The fraction of sp³-hybridized carbons (Fsp3) is 0.533. The highest BCUT2D eigenvalue weighted by molar-refractivity contribution is 5.94. The van der Waals surface area contributed by atoms with Gasteiger partial charge in [0.2, 0.25) is 0 Å². The summed E-state index contributed by atoms with van der Waals surface area (Å²) in [5, 5.41) is 2.81. The van der Waals surface area contributed by atoms with Crippen molar-refractivity contribution in [2.24, 2.45) is 5.92 Å². The van der Waals surface area contributed by atoms with Gasteiger partial charge in [-0.2, -0.15) is 0 Å². The number of amides is 1. The second kappa shape index (κ2) is 6.66. The molecule has 0 heterocycles. The molecule has 19 heavy (non-hydrogen) atoms. The Morgan fingerprint density at radius 2 is 2.26 bits per heavy atom. The smallest absolute Gasteiger partial charge is 0.251 e. The lowest BCUT2D eigenvalue weighted by Gasteiger charge is -2.07. The van der Waals surface area contributed by atoms with Gasteiger partial charge in [-0.1, -0.05) is 0 Å². The fourth-order valence-electron chi connectivity index (χ4n) is 1.80. The molecular weight excluding hydrogens is 245 g/mol. The first kappa shape index (κ1) is 14.0. The van der Waals surface area contributed by atoms with Crippen LogP contribution in [0.5, 0.6) is 0 Å². The van der Waals surface area contributed by atoms with Gasteiger partial charge in [-0.15, -0.1) is 0 Å². The number of nitrogens with one attached hydrogen (secondary N) is 1. The molecule has 1 amide bonds. The summed E-state index contributed by atoms with van der Waals surface area (Å²) < 4.78 is 18.6. The average Bonchev–Trinajstić information content (AvgIpc) is 3.20. The van der Waals surface area contributed by atoms with E-state index in [1.807, 2.05) is 0 Å². The Bertz CT molecular complexity index is 444. The van der Waals surface area contributed by atoms with E-state index in [-0.39, 0.29) is 11.7 Å². The molecule has 1 aromatic rings. The molecule has 0 aliphatic heterocycles. The quantitative estimate of drug-likeness (QED) is 0.770. The average molecular weight is 265 g/mol. The third-order valence-corrected chi connectivity index (χ3v) is 3.22. The van der Waals surface area contributed by atoms with Gasteiger partial charge in [-0.3, -0.25) is 4.79 Å². The number of halogens is 1. The molecule has 104 valence electrons. The van der Waals surface area contributed by atoms with E-state index >= 15 is 0 Å². The number of carbonyl (C=O) groups excluding carboxylic acids is 1. The molecule has 3 nitrogen and oxygen atoms in total. The Hall–Kier alpha value is -1.42. The molecule has 1 N–H and O–H groups in total. The lowest BCUT2D eigenvalue weighted by Crippen LogP contribution is -2.25. The number of ether oxygens (including phenoxy) is 1. The topological polar surface area (TPSA) is 38.3 Å². The molecule has 2 rings (SSSR count).